The number of carboxylic acid groups (broad SMARTS) is 1. The van der Waals surface area contributed by atoms with Gasteiger partial charge in [-0.1, -0.05) is 163 Å². The number of phosphoric acid groups is 1. The largest absolute Gasteiger partial charge is 0.480 e. The highest BCUT2D eigenvalue weighted by molar-refractivity contribution is 7.47. The zero-order valence-electron chi connectivity index (χ0n) is 36.1. The average Bonchev–Trinajstić information content (AvgIpc) is 3.20. The second kappa shape index (κ2) is 42.3. The van der Waals surface area contributed by atoms with E-state index in [0.717, 1.165) is 64.2 Å². The van der Waals surface area contributed by atoms with Crippen LogP contribution in [0.2, 0.25) is 0 Å². The first-order valence-corrected chi connectivity index (χ1v) is 23.6. The number of unbranched alkanes of at least 4 members (excludes halogenated alkanes) is 13. The predicted molar refractivity (Wildman–Crippen MR) is 240 cm³/mol. The van der Waals surface area contributed by atoms with Gasteiger partial charge in [-0.2, -0.15) is 0 Å². The van der Waals surface area contributed by atoms with E-state index >= 15 is 0 Å². The van der Waals surface area contributed by atoms with Gasteiger partial charge in [0.2, 0.25) is 0 Å². The Balaban J connectivity index is 4.39. The summed E-state index contributed by atoms with van der Waals surface area (Å²) in [6, 6.07) is -1.49. The van der Waals surface area contributed by atoms with Crippen molar-refractivity contribution >= 4 is 19.8 Å². The monoisotopic (exact) mass is 834 g/mol. The van der Waals surface area contributed by atoms with Crippen LogP contribution < -0.4 is 5.73 Å². The molecule has 0 amide bonds. The van der Waals surface area contributed by atoms with E-state index in [2.05, 4.69) is 86.8 Å². The van der Waals surface area contributed by atoms with E-state index in [1.165, 1.54) is 70.6 Å². The molecule has 0 aliphatic rings. The molecular weight excluding hydrogens is 753 g/mol. The molecule has 4 N–H and O–H groups in total. The van der Waals surface area contributed by atoms with Gasteiger partial charge in [0.1, 0.15) is 12.1 Å². The predicted octanol–water partition coefficient (Wildman–Crippen LogP) is 12.4. The molecule has 3 unspecified atom stereocenters. The highest BCUT2D eigenvalue weighted by Crippen LogP contribution is 2.43. The summed E-state index contributed by atoms with van der Waals surface area (Å²) in [5.41, 5.74) is 5.35. The molecule has 0 aromatic carbocycles. The molecule has 0 spiro atoms. The molecule has 0 aromatic heterocycles. The van der Waals surface area contributed by atoms with Crippen LogP contribution in [0.3, 0.4) is 0 Å². The highest BCUT2D eigenvalue weighted by atomic mass is 31.2. The Bertz CT molecular complexity index is 1240. The van der Waals surface area contributed by atoms with Crippen molar-refractivity contribution in [2.45, 2.75) is 174 Å². The number of nitrogens with two attached hydrogens (primary N) is 1. The van der Waals surface area contributed by atoms with Crippen molar-refractivity contribution < 1.29 is 42.7 Å². The van der Waals surface area contributed by atoms with E-state index < -0.39 is 45.1 Å². The minimum Gasteiger partial charge on any atom is -0.480 e. The molecule has 0 saturated heterocycles. The fourth-order valence-corrected chi connectivity index (χ4v) is 6.28. The molecule has 11 heteroatoms. The topological polar surface area (TPSA) is 155 Å². The molecule has 58 heavy (non-hydrogen) atoms. The number of hydrogen-bond acceptors (Lipinski definition) is 8. The summed E-state index contributed by atoms with van der Waals surface area (Å²) in [5, 5.41) is 8.90. The van der Waals surface area contributed by atoms with Crippen LogP contribution in [-0.2, 0) is 32.7 Å². The summed E-state index contributed by atoms with van der Waals surface area (Å²) in [5.74, 6) is -1.88. The van der Waals surface area contributed by atoms with Gasteiger partial charge >= 0.3 is 19.8 Å². The highest BCUT2D eigenvalue weighted by Gasteiger charge is 2.27. The first-order chi connectivity index (χ1) is 28.2. The first kappa shape index (κ1) is 55.2. The minimum absolute atomic E-state index is 0.0223. The second-order valence-corrected chi connectivity index (χ2v) is 15.9. The van der Waals surface area contributed by atoms with E-state index in [-0.39, 0.29) is 13.0 Å². The minimum atomic E-state index is -4.64. The number of carbonyl (C=O) groups excluding carboxylic acids is 1. The van der Waals surface area contributed by atoms with Crippen molar-refractivity contribution in [3.63, 3.8) is 0 Å². The third kappa shape index (κ3) is 41.3. The van der Waals surface area contributed by atoms with Crippen LogP contribution in [0.15, 0.2) is 85.1 Å². The molecule has 0 radical (unpaired) electrons. The number of hydrogen-bond donors (Lipinski definition) is 3. The number of phosphoric ester groups is 1. The molecule has 0 fully saturated rings. The quantitative estimate of drug-likeness (QED) is 0.0235. The maximum Gasteiger partial charge on any atom is 0.472 e. The lowest BCUT2D eigenvalue weighted by atomic mass is 10.1. The Hall–Kier alpha value is -2.85. The molecule has 3 atom stereocenters. The van der Waals surface area contributed by atoms with Crippen LogP contribution >= 0.6 is 7.82 Å². The fourth-order valence-electron chi connectivity index (χ4n) is 5.51. The maximum absolute atomic E-state index is 12.6. The van der Waals surface area contributed by atoms with Crippen molar-refractivity contribution in [3.8, 4) is 0 Å². The lowest BCUT2D eigenvalue weighted by Crippen LogP contribution is -2.34. The smallest absolute Gasteiger partial charge is 0.472 e. The number of aliphatic carboxylic acids is 1. The Morgan fingerprint density at radius 1 is 0.569 bits per heavy atom. The summed E-state index contributed by atoms with van der Waals surface area (Å²) >= 11 is 0. The van der Waals surface area contributed by atoms with Crippen LogP contribution in [0, 0.1) is 0 Å². The van der Waals surface area contributed by atoms with Crippen molar-refractivity contribution in [2.24, 2.45) is 5.73 Å². The molecule has 0 bridgehead atoms. The third-order valence-corrected chi connectivity index (χ3v) is 9.87. The fraction of sp³-hybridized carbons (Fsp3) is 0.660. The SMILES string of the molecule is CC/C=C\C/C=C\C/C=C\C/C=C\C/C=C\C/C=C\CCC(=O)OC(COCCCCCCCC/C=C\CCCCCCCCC)COP(=O)(O)OCC(N)C(=O)O. The summed E-state index contributed by atoms with van der Waals surface area (Å²) in [7, 11) is -4.64. The molecular formula is C47H80NO9P. The molecule has 0 aromatic rings. The number of esters is 1. The van der Waals surface area contributed by atoms with E-state index in [9.17, 15) is 19.0 Å². The van der Waals surface area contributed by atoms with Crippen LogP contribution in [0.4, 0.5) is 0 Å². The van der Waals surface area contributed by atoms with Gasteiger partial charge in [0, 0.05) is 13.0 Å². The van der Waals surface area contributed by atoms with Gasteiger partial charge in [0.05, 0.1) is 19.8 Å². The number of ether oxygens (including phenoxy) is 2. The van der Waals surface area contributed by atoms with Crippen LogP contribution in [0.25, 0.3) is 0 Å². The van der Waals surface area contributed by atoms with Gasteiger partial charge in [-0.15, -0.1) is 0 Å². The Labute approximate surface area is 352 Å². The van der Waals surface area contributed by atoms with Gasteiger partial charge in [-0.3, -0.25) is 18.6 Å². The van der Waals surface area contributed by atoms with Crippen molar-refractivity contribution in [1.82, 2.24) is 0 Å². The molecule has 0 saturated carbocycles. The third-order valence-electron chi connectivity index (χ3n) is 8.92. The van der Waals surface area contributed by atoms with Gasteiger partial charge < -0.3 is 25.2 Å². The Kier molecular flexibility index (Phi) is 40.2. The van der Waals surface area contributed by atoms with E-state index in [0.29, 0.717) is 13.0 Å². The lowest BCUT2D eigenvalue weighted by molar-refractivity contribution is -0.154. The Morgan fingerprint density at radius 2 is 1.00 bits per heavy atom. The molecule has 332 valence electrons. The average molecular weight is 834 g/mol. The number of allylic oxidation sites excluding steroid dienone is 14. The normalized spacial score (nSPS) is 14.7. The van der Waals surface area contributed by atoms with Gasteiger partial charge in [0.25, 0.3) is 0 Å². The van der Waals surface area contributed by atoms with Crippen molar-refractivity contribution in [3.05, 3.63) is 85.1 Å². The maximum atomic E-state index is 12.6. The van der Waals surface area contributed by atoms with E-state index in [1.54, 1.807) is 0 Å². The summed E-state index contributed by atoms with van der Waals surface area (Å²) in [6.07, 6.45) is 53.6. The van der Waals surface area contributed by atoms with E-state index in [1.807, 2.05) is 12.2 Å². The zero-order chi connectivity index (χ0) is 42.6. The second-order valence-electron chi connectivity index (χ2n) is 14.4. The van der Waals surface area contributed by atoms with Gasteiger partial charge in [-0.25, -0.2) is 4.57 Å². The van der Waals surface area contributed by atoms with Crippen molar-refractivity contribution in [1.29, 1.82) is 0 Å². The number of carboxylic acids is 1. The molecule has 0 heterocycles. The molecule has 0 rings (SSSR count). The zero-order valence-corrected chi connectivity index (χ0v) is 37.0. The summed E-state index contributed by atoms with van der Waals surface area (Å²) < 4.78 is 33.3. The molecule has 0 aliphatic carbocycles. The van der Waals surface area contributed by atoms with Crippen LogP contribution in [0.5, 0.6) is 0 Å². The van der Waals surface area contributed by atoms with Crippen LogP contribution in [-0.4, -0.2) is 60.5 Å². The number of carbonyl (C=O) groups is 2. The standard InChI is InChI=1S/C47H80NO9P/c1-3-5-7-9-11-13-15-17-19-21-22-23-25-27-29-31-33-35-37-39-46(49)57-44(42-55-58(52,53)56-43-45(48)47(50)51)41-54-40-38-36-34-32-30-28-26-24-20-18-16-14-12-10-8-6-4-2/h5,7,11,13,17,19-20,22-24,27,29,33,35,44-45H,3-4,6,8-10,12,14-16,18,21,25-26,28,30-32,34,36-43,48H2,1-2H3,(H,50,51)(H,52,53)/b7-5-,13-11-,19-17-,23-22-,24-20-,29-27-,35-33-. The lowest BCUT2D eigenvalue weighted by Gasteiger charge is -2.20. The van der Waals surface area contributed by atoms with Gasteiger partial charge in [-0.05, 0) is 77.0 Å². The van der Waals surface area contributed by atoms with E-state index in [4.69, 9.17) is 29.4 Å². The summed E-state index contributed by atoms with van der Waals surface area (Å²) in [6.45, 7) is 3.64. The number of rotatable bonds is 41. The molecule has 10 nitrogen and oxygen atoms in total. The Morgan fingerprint density at radius 3 is 1.50 bits per heavy atom. The van der Waals surface area contributed by atoms with Crippen LogP contribution in [0.1, 0.15) is 162 Å². The van der Waals surface area contributed by atoms with Gasteiger partial charge in [0.15, 0.2) is 0 Å². The summed E-state index contributed by atoms with van der Waals surface area (Å²) in [4.78, 5) is 33.5. The van der Waals surface area contributed by atoms with Crippen molar-refractivity contribution in [2.75, 3.05) is 26.4 Å². The molecule has 0 aliphatic heterocycles. The first-order valence-electron chi connectivity index (χ1n) is 22.1.